The number of carbonyl (C=O) groups is 1. The van der Waals surface area contributed by atoms with Gasteiger partial charge in [0.1, 0.15) is 11.1 Å². The fourth-order valence-corrected chi connectivity index (χ4v) is 3.92. The maximum absolute atomic E-state index is 12.0. The third-order valence-electron chi connectivity index (χ3n) is 3.49. The van der Waals surface area contributed by atoms with Gasteiger partial charge in [-0.15, -0.1) is 11.3 Å². The highest BCUT2D eigenvalue weighted by Gasteiger charge is 2.25. The summed E-state index contributed by atoms with van der Waals surface area (Å²) in [6.45, 7) is 5.86. The molecule has 4 nitrogen and oxygen atoms in total. The molecule has 2 rings (SSSR count). The molecule has 1 aromatic heterocycles. The Morgan fingerprint density at radius 2 is 2.30 bits per heavy atom. The summed E-state index contributed by atoms with van der Waals surface area (Å²) < 4.78 is 0. The third kappa shape index (κ3) is 3.38. The van der Waals surface area contributed by atoms with E-state index < -0.39 is 5.54 Å². The fraction of sp³-hybridized carbons (Fsp3) is 0.600. The summed E-state index contributed by atoms with van der Waals surface area (Å²) in [6, 6.07) is 2.25. The average Bonchev–Trinajstić information content (AvgIpc) is 2.62. The van der Waals surface area contributed by atoms with Crippen LogP contribution < -0.4 is 11.1 Å². The van der Waals surface area contributed by atoms with E-state index in [1.807, 2.05) is 13.8 Å². The second kappa shape index (κ2) is 5.55. The maximum atomic E-state index is 12.0. The Morgan fingerprint density at radius 1 is 1.60 bits per heavy atom. The lowest BCUT2D eigenvalue weighted by molar-refractivity contribution is -0.117. The van der Waals surface area contributed by atoms with Crippen molar-refractivity contribution in [2.75, 3.05) is 5.32 Å². The van der Waals surface area contributed by atoms with Crippen LogP contribution in [0, 0.1) is 17.2 Å². The van der Waals surface area contributed by atoms with E-state index in [9.17, 15) is 10.1 Å². The first-order chi connectivity index (χ1) is 9.30. The van der Waals surface area contributed by atoms with Gasteiger partial charge in [0, 0.05) is 16.8 Å². The molecule has 108 valence electrons. The van der Waals surface area contributed by atoms with Crippen LogP contribution in [0.5, 0.6) is 0 Å². The Balaban J connectivity index is 2.21. The molecule has 1 atom stereocenters. The Labute approximate surface area is 124 Å². The number of nitrogens with zero attached hydrogens (tertiary/aromatic N) is 1. The van der Waals surface area contributed by atoms with E-state index in [1.165, 1.54) is 4.88 Å². The molecule has 0 spiro atoms. The average molecular weight is 291 g/mol. The largest absolute Gasteiger partial charge is 0.325 e. The molecule has 5 heteroatoms. The van der Waals surface area contributed by atoms with Gasteiger partial charge >= 0.3 is 0 Å². The summed E-state index contributed by atoms with van der Waals surface area (Å²) in [5.74, 6) is 0.528. The van der Waals surface area contributed by atoms with Crippen LogP contribution in [0.3, 0.4) is 0 Å². The monoisotopic (exact) mass is 291 g/mol. The zero-order chi connectivity index (χ0) is 14.9. The van der Waals surface area contributed by atoms with Gasteiger partial charge < -0.3 is 11.1 Å². The number of hydrogen-bond donors (Lipinski definition) is 2. The number of anilines is 1. The van der Waals surface area contributed by atoms with E-state index in [1.54, 1.807) is 11.3 Å². The smallest absolute Gasteiger partial charge is 0.226 e. The molecule has 3 N–H and O–H groups in total. The molecule has 1 aromatic rings. The summed E-state index contributed by atoms with van der Waals surface area (Å²) in [5, 5.41) is 12.9. The van der Waals surface area contributed by atoms with Crippen LogP contribution in [0.25, 0.3) is 0 Å². The van der Waals surface area contributed by atoms with Crippen LogP contribution in [0.2, 0.25) is 0 Å². The number of nitriles is 1. The lowest BCUT2D eigenvalue weighted by atomic mass is 9.88. The van der Waals surface area contributed by atoms with Crippen LogP contribution >= 0.6 is 11.3 Å². The minimum absolute atomic E-state index is 0.124. The molecule has 0 fully saturated rings. The maximum Gasteiger partial charge on any atom is 0.226 e. The topological polar surface area (TPSA) is 78.9 Å². The van der Waals surface area contributed by atoms with E-state index in [-0.39, 0.29) is 12.3 Å². The number of nitrogens with two attached hydrogens (primary N) is 1. The molecule has 0 saturated carbocycles. The van der Waals surface area contributed by atoms with E-state index in [0.29, 0.717) is 16.5 Å². The minimum atomic E-state index is -0.539. The van der Waals surface area contributed by atoms with Crippen molar-refractivity contribution in [2.45, 2.75) is 52.0 Å². The van der Waals surface area contributed by atoms with Gasteiger partial charge in [0.15, 0.2) is 0 Å². The van der Waals surface area contributed by atoms with Crippen molar-refractivity contribution < 1.29 is 4.79 Å². The molecule has 1 unspecified atom stereocenters. The first-order valence-corrected chi connectivity index (χ1v) is 7.75. The first-order valence-electron chi connectivity index (χ1n) is 6.93. The quantitative estimate of drug-likeness (QED) is 0.898. The molecule has 0 aliphatic heterocycles. The number of fused-ring (bicyclic) bond motifs is 1. The zero-order valence-corrected chi connectivity index (χ0v) is 13.1. The molecule has 1 aliphatic rings. The Morgan fingerprint density at radius 3 is 2.90 bits per heavy atom. The molecule has 1 heterocycles. The predicted molar refractivity (Wildman–Crippen MR) is 81.7 cm³/mol. The summed E-state index contributed by atoms with van der Waals surface area (Å²) in [7, 11) is 0. The molecule has 20 heavy (non-hydrogen) atoms. The van der Waals surface area contributed by atoms with Gasteiger partial charge in [-0.2, -0.15) is 5.26 Å². The predicted octanol–water partition coefficient (Wildman–Crippen LogP) is 2.81. The van der Waals surface area contributed by atoms with E-state index in [4.69, 9.17) is 5.73 Å². The molecule has 1 aliphatic carbocycles. The van der Waals surface area contributed by atoms with Crippen LogP contribution in [0.15, 0.2) is 0 Å². The van der Waals surface area contributed by atoms with Crippen molar-refractivity contribution in [3.8, 4) is 6.07 Å². The number of thiophene rings is 1. The van der Waals surface area contributed by atoms with Gasteiger partial charge in [-0.3, -0.25) is 4.79 Å². The number of hydrogen-bond acceptors (Lipinski definition) is 4. The van der Waals surface area contributed by atoms with E-state index >= 15 is 0 Å². The van der Waals surface area contributed by atoms with Crippen LogP contribution in [0.4, 0.5) is 5.00 Å². The van der Waals surface area contributed by atoms with Crippen LogP contribution in [-0.2, 0) is 17.6 Å². The summed E-state index contributed by atoms with van der Waals surface area (Å²) in [4.78, 5) is 13.2. The molecule has 0 saturated heterocycles. The van der Waals surface area contributed by atoms with Crippen molar-refractivity contribution in [3.63, 3.8) is 0 Å². The van der Waals surface area contributed by atoms with E-state index in [2.05, 4.69) is 18.3 Å². The molecule has 0 bridgehead atoms. The third-order valence-corrected chi connectivity index (χ3v) is 4.66. The Kier molecular flexibility index (Phi) is 4.17. The van der Waals surface area contributed by atoms with Crippen molar-refractivity contribution >= 4 is 22.2 Å². The normalized spacial score (nSPS) is 18.2. The van der Waals surface area contributed by atoms with Gasteiger partial charge in [0.2, 0.25) is 5.91 Å². The number of rotatable bonds is 3. The van der Waals surface area contributed by atoms with Crippen molar-refractivity contribution in [1.29, 1.82) is 5.26 Å². The highest BCUT2D eigenvalue weighted by Crippen LogP contribution is 2.39. The number of nitrogens with one attached hydrogen (secondary N) is 1. The van der Waals surface area contributed by atoms with Crippen molar-refractivity contribution in [1.82, 2.24) is 0 Å². The lowest BCUT2D eigenvalue weighted by Gasteiger charge is -2.17. The first kappa shape index (κ1) is 15.0. The number of amides is 1. The van der Waals surface area contributed by atoms with E-state index in [0.717, 1.165) is 24.8 Å². The highest BCUT2D eigenvalue weighted by molar-refractivity contribution is 7.16. The zero-order valence-electron chi connectivity index (χ0n) is 12.2. The summed E-state index contributed by atoms with van der Waals surface area (Å²) >= 11 is 1.55. The van der Waals surface area contributed by atoms with Gasteiger partial charge in [0.05, 0.1) is 5.56 Å². The second-order valence-electron chi connectivity index (χ2n) is 6.38. The highest BCUT2D eigenvalue weighted by atomic mass is 32.1. The molecular weight excluding hydrogens is 270 g/mol. The molecule has 0 aromatic carbocycles. The second-order valence-corrected chi connectivity index (χ2v) is 7.49. The Hall–Kier alpha value is -1.38. The SMILES string of the molecule is CC1CCc2c(sc(NC(=O)CC(C)(C)N)c2C#N)C1. The number of carbonyl (C=O) groups excluding carboxylic acids is 1. The lowest BCUT2D eigenvalue weighted by Crippen LogP contribution is -2.36. The van der Waals surface area contributed by atoms with Gasteiger partial charge in [0.25, 0.3) is 0 Å². The summed E-state index contributed by atoms with van der Waals surface area (Å²) in [6.07, 6.45) is 3.31. The van der Waals surface area contributed by atoms with Crippen molar-refractivity contribution in [2.24, 2.45) is 11.7 Å². The van der Waals surface area contributed by atoms with Crippen LogP contribution in [-0.4, -0.2) is 11.4 Å². The molecule has 0 radical (unpaired) electrons. The summed E-state index contributed by atoms with van der Waals surface area (Å²) in [5.41, 5.74) is 7.10. The standard InChI is InChI=1S/C15H21N3OS/c1-9-4-5-10-11(8-16)14(20-12(10)6-9)18-13(19)7-15(2,3)17/h9H,4-7,17H2,1-3H3,(H,18,19). The van der Waals surface area contributed by atoms with Gasteiger partial charge in [-0.05, 0) is 44.6 Å². The van der Waals surface area contributed by atoms with Gasteiger partial charge in [-0.25, -0.2) is 0 Å². The van der Waals surface area contributed by atoms with Crippen molar-refractivity contribution in [3.05, 3.63) is 16.0 Å². The van der Waals surface area contributed by atoms with Crippen LogP contribution in [0.1, 0.15) is 49.6 Å². The fourth-order valence-electron chi connectivity index (χ4n) is 2.54. The Bertz CT molecular complexity index is 563. The minimum Gasteiger partial charge on any atom is -0.325 e. The van der Waals surface area contributed by atoms with Gasteiger partial charge in [-0.1, -0.05) is 6.92 Å². The molecule has 1 amide bonds. The molecular formula is C15H21N3OS.